The molecule has 0 radical (unpaired) electrons. The van der Waals surface area contributed by atoms with Crippen LogP contribution >= 0.6 is 11.6 Å². The van der Waals surface area contributed by atoms with Crippen LogP contribution in [0.3, 0.4) is 0 Å². The van der Waals surface area contributed by atoms with Crippen LogP contribution < -0.4 is 15.0 Å². The van der Waals surface area contributed by atoms with Gasteiger partial charge in [0.05, 0.1) is 5.02 Å². The van der Waals surface area contributed by atoms with Crippen molar-refractivity contribution in [2.24, 2.45) is 0 Å². The summed E-state index contributed by atoms with van der Waals surface area (Å²) in [4.78, 5) is 30.0. The SMILES string of the molecule is Cc1ccc(N2CCC3(C=Cc4cc(NC(=O)[C@H]5CCCCN5C(=O)OC(C)(C)C)cc(Cl)c4O3)CC2)cc1. The number of rotatable bonds is 3. The van der Waals surface area contributed by atoms with E-state index in [1.165, 1.54) is 11.3 Å². The Balaban J connectivity index is 1.26. The standard InChI is InChI=1S/C31H38ClN3O4/c1-21-8-10-24(11-9-21)34-17-14-31(15-18-34)13-12-22-19-23(20-25(32)27(22)38-31)33-28(36)26-7-5-6-16-35(26)29(37)39-30(2,3)4/h8-13,19-20,26H,5-7,14-18H2,1-4H3,(H,33,36)/t26-/m1/s1. The Morgan fingerprint density at radius 2 is 1.79 bits per heavy atom. The fourth-order valence-corrected chi connectivity index (χ4v) is 5.80. The number of likely N-dealkylation sites (tertiary alicyclic amines) is 1. The Morgan fingerprint density at radius 3 is 2.49 bits per heavy atom. The van der Waals surface area contributed by atoms with E-state index in [1.54, 1.807) is 11.0 Å². The zero-order chi connectivity index (χ0) is 27.8. The molecule has 5 rings (SSSR count). The Morgan fingerprint density at radius 1 is 1.08 bits per heavy atom. The van der Waals surface area contributed by atoms with Crippen molar-refractivity contribution in [1.29, 1.82) is 0 Å². The van der Waals surface area contributed by atoms with E-state index in [1.807, 2.05) is 26.8 Å². The number of carbonyl (C=O) groups is 2. The summed E-state index contributed by atoms with van der Waals surface area (Å²) in [6, 6.07) is 11.7. The van der Waals surface area contributed by atoms with E-state index in [-0.39, 0.29) is 5.91 Å². The van der Waals surface area contributed by atoms with Gasteiger partial charge in [0.25, 0.3) is 0 Å². The number of piperidine rings is 2. The molecule has 39 heavy (non-hydrogen) atoms. The van der Waals surface area contributed by atoms with Crippen molar-refractivity contribution in [2.45, 2.75) is 77.0 Å². The van der Waals surface area contributed by atoms with Crippen molar-refractivity contribution >= 4 is 41.1 Å². The van der Waals surface area contributed by atoms with Crippen molar-refractivity contribution < 1.29 is 19.1 Å². The van der Waals surface area contributed by atoms with Crippen LogP contribution in [0.25, 0.3) is 6.08 Å². The molecule has 3 aliphatic rings. The third kappa shape index (κ3) is 6.19. The first kappa shape index (κ1) is 27.4. The maximum absolute atomic E-state index is 13.3. The monoisotopic (exact) mass is 551 g/mol. The summed E-state index contributed by atoms with van der Waals surface area (Å²) in [5, 5.41) is 3.44. The average molecular weight is 552 g/mol. The number of anilines is 2. The van der Waals surface area contributed by atoms with Gasteiger partial charge < -0.3 is 19.7 Å². The van der Waals surface area contributed by atoms with Crippen LogP contribution in [0.1, 0.15) is 64.0 Å². The molecule has 3 heterocycles. The number of hydrogen-bond acceptors (Lipinski definition) is 5. The predicted octanol–water partition coefficient (Wildman–Crippen LogP) is 6.82. The Kier molecular flexibility index (Phi) is 7.55. The van der Waals surface area contributed by atoms with Crippen molar-refractivity contribution in [3.63, 3.8) is 0 Å². The highest BCUT2D eigenvalue weighted by Crippen LogP contribution is 2.43. The zero-order valence-corrected chi connectivity index (χ0v) is 24.0. The lowest BCUT2D eigenvalue weighted by atomic mass is 9.87. The number of benzene rings is 2. The fraction of sp³-hybridized carbons (Fsp3) is 0.484. The molecule has 0 bridgehead atoms. The molecule has 0 aliphatic carbocycles. The molecule has 2 saturated heterocycles. The first-order chi connectivity index (χ1) is 18.5. The number of hydrogen-bond donors (Lipinski definition) is 1. The molecule has 208 valence electrons. The number of fused-ring (bicyclic) bond motifs is 1. The summed E-state index contributed by atoms with van der Waals surface area (Å²) >= 11 is 6.70. The molecule has 0 saturated carbocycles. The van der Waals surface area contributed by atoms with E-state index >= 15 is 0 Å². The largest absolute Gasteiger partial charge is 0.481 e. The van der Waals surface area contributed by atoms with Gasteiger partial charge in [0.2, 0.25) is 5.91 Å². The smallest absolute Gasteiger partial charge is 0.410 e. The van der Waals surface area contributed by atoms with Crippen molar-refractivity contribution in [1.82, 2.24) is 4.90 Å². The highest BCUT2D eigenvalue weighted by atomic mass is 35.5. The number of nitrogens with one attached hydrogen (secondary N) is 1. The minimum absolute atomic E-state index is 0.239. The molecule has 8 heteroatoms. The average Bonchev–Trinajstić information content (AvgIpc) is 2.89. The molecule has 0 unspecified atom stereocenters. The summed E-state index contributed by atoms with van der Waals surface area (Å²) in [7, 11) is 0. The number of halogens is 1. The molecular formula is C31H38ClN3O4. The topological polar surface area (TPSA) is 71.1 Å². The van der Waals surface area contributed by atoms with E-state index in [9.17, 15) is 9.59 Å². The van der Waals surface area contributed by atoms with Crippen LogP contribution in [0.4, 0.5) is 16.2 Å². The maximum Gasteiger partial charge on any atom is 0.410 e. The molecule has 1 atom stereocenters. The highest BCUT2D eigenvalue weighted by Gasteiger charge is 2.38. The Bertz CT molecular complexity index is 1260. The van der Waals surface area contributed by atoms with Crippen LogP contribution in [0.2, 0.25) is 5.02 Å². The predicted molar refractivity (Wildman–Crippen MR) is 156 cm³/mol. The molecule has 3 aliphatic heterocycles. The summed E-state index contributed by atoms with van der Waals surface area (Å²) in [5.41, 5.74) is 2.89. The molecule has 1 N–H and O–H groups in total. The van der Waals surface area contributed by atoms with Gasteiger partial charge in [-0.05, 0) is 77.3 Å². The first-order valence-corrected chi connectivity index (χ1v) is 14.2. The minimum atomic E-state index is -0.622. The van der Waals surface area contributed by atoms with Crippen LogP contribution in [0, 0.1) is 6.92 Å². The Hall–Kier alpha value is -3.19. The third-order valence-corrected chi connectivity index (χ3v) is 7.93. The number of ether oxygens (including phenoxy) is 2. The second-order valence-corrected chi connectivity index (χ2v) is 12.3. The number of aryl methyl sites for hydroxylation is 1. The maximum atomic E-state index is 13.3. The van der Waals surface area contributed by atoms with Crippen LogP contribution in [-0.2, 0) is 9.53 Å². The summed E-state index contributed by atoms with van der Waals surface area (Å²) < 4.78 is 12.1. The van der Waals surface area contributed by atoms with Gasteiger partial charge in [-0.25, -0.2) is 4.79 Å². The minimum Gasteiger partial charge on any atom is -0.481 e. The quantitative estimate of drug-likeness (QED) is 0.453. The lowest BCUT2D eigenvalue weighted by Crippen LogP contribution is -2.51. The van der Waals surface area contributed by atoms with E-state index < -0.39 is 23.3 Å². The van der Waals surface area contributed by atoms with Crippen LogP contribution in [-0.4, -0.2) is 53.8 Å². The van der Waals surface area contributed by atoms with E-state index in [4.69, 9.17) is 21.1 Å². The summed E-state index contributed by atoms with van der Waals surface area (Å²) in [5.74, 6) is 0.409. The number of amides is 2. The molecule has 0 aromatic heterocycles. The zero-order valence-electron chi connectivity index (χ0n) is 23.3. The molecular weight excluding hydrogens is 514 g/mol. The molecule has 7 nitrogen and oxygen atoms in total. The first-order valence-electron chi connectivity index (χ1n) is 13.9. The lowest BCUT2D eigenvalue weighted by Gasteiger charge is -2.43. The fourth-order valence-electron chi connectivity index (χ4n) is 5.53. The van der Waals surface area contributed by atoms with Crippen LogP contribution in [0.15, 0.2) is 42.5 Å². The van der Waals surface area contributed by atoms with Crippen LogP contribution in [0.5, 0.6) is 5.75 Å². The highest BCUT2D eigenvalue weighted by molar-refractivity contribution is 6.32. The second kappa shape index (κ2) is 10.8. The van der Waals surface area contributed by atoms with Gasteiger partial charge in [0.1, 0.15) is 23.0 Å². The van der Waals surface area contributed by atoms with Gasteiger partial charge >= 0.3 is 6.09 Å². The third-order valence-electron chi connectivity index (χ3n) is 7.65. The van der Waals surface area contributed by atoms with Gasteiger partial charge in [-0.15, -0.1) is 0 Å². The van der Waals surface area contributed by atoms with Gasteiger partial charge in [-0.1, -0.05) is 35.4 Å². The second-order valence-electron chi connectivity index (χ2n) is 11.9. The lowest BCUT2D eigenvalue weighted by molar-refractivity contribution is -0.122. The van der Waals surface area contributed by atoms with Gasteiger partial charge in [-0.3, -0.25) is 9.69 Å². The normalized spacial score (nSPS) is 20.3. The van der Waals surface area contributed by atoms with Gasteiger partial charge in [0, 0.05) is 49.4 Å². The number of carbonyl (C=O) groups excluding carboxylic acids is 2. The molecule has 2 fully saturated rings. The van der Waals surface area contributed by atoms with Crippen molar-refractivity contribution in [2.75, 3.05) is 29.9 Å². The molecule has 2 aromatic rings. The van der Waals surface area contributed by atoms with E-state index in [0.717, 1.165) is 44.3 Å². The molecule has 2 aromatic carbocycles. The van der Waals surface area contributed by atoms with E-state index in [2.05, 4.69) is 53.6 Å². The van der Waals surface area contributed by atoms with Gasteiger partial charge in [0.15, 0.2) is 0 Å². The van der Waals surface area contributed by atoms with Crippen molar-refractivity contribution in [3.8, 4) is 5.75 Å². The molecule has 2 amide bonds. The molecule has 1 spiro atoms. The summed E-state index contributed by atoms with van der Waals surface area (Å²) in [6.07, 6.45) is 7.75. The number of nitrogens with zero attached hydrogens (tertiary/aromatic N) is 2. The van der Waals surface area contributed by atoms with E-state index in [0.29, 0.717) is 29.4 Å². The van der Waals surface area contributed by atoms with Gasteiger partial charge in [-0.2, -0.15) is 0 Å². The van der Waals surface area contributed by atoms with Crippen molar-refractivity contribution in [3.05, 3.63) is 58.6 Å². The Labute approximate surface area is 236 Å². The summed E-state index contributed by atoms with van der Waals surface area (Å²) in [6.45, 7) is 9.86.